The van der Waals surface area contributed by atoms with Crippen LogP contribution in [0.3, 0.4) is 0 Å². The summed E-state index contributed by atoms with van der Waals surface area (Å²) < 4.78 is 0. The Morgan fingerprint density at radius 3 is 2.14 bits per heavy atom. The molecule has 7 heavy (non-hydrogen) atoms. The zero-order valence-electron chi connectivity index (χ0n) is 3.33. The highest BCUT2D eigenvalue weighted by Crippen LogP contribution is 1.71. The van der Waals surface area contributed by atoms with Gasteiger partial charge >= 0.3 is 5.91 Å². The third-order valence-corrected chi connectivity index (χ3v) is 0.302. The first-order valence-corrected chi connectivity index (χ1v) is 1.46. The monoisotopic (exact) mass is 102 g/mol. The number of nitrogens with zero attached hydrogens (tertiary/aromatic N) is 2. The molecule has 0 radical (unpaired) electrons. The van der Waals surface area contributed by atoms with Gasteiger partial charge in [0.05, 0.1) is 0 Å². The third-order valence-electron chi connectivity index (χ3n) is 0.302. The molecule has 38 valence electrons. The Morgan fingerprint density at radius 2 is 2.00 bits per heavy atom. The van der Waals surface area contributed by atoms with Gasteiger partial charge in [0.15, 0.2) is 6.54 Å². The van der Waals surface area contributed by atoms with Crippen LogP contribution in [-0.4, -0.2) is 12.5 Å². The van der Waals surface area contributed by atoms with Crippen LogP contribution in [0.2, 0.25) is 0 Å². The number of hydrogen-bond acceptors (Lipinski definition) is 4. The van der Waals surface area contributed by atoms with E-state index in [0.717, 1.165) is 0 Å². The van der Waals surface area contributed by atoms with Gasteiger partial charge in [-0.2, -0.15) is 4.91 Å². The molecule has 0 aromatic rings. The van der Waals surface area contributed by atoms with E-state index < -0.39 is 12.5 Å². The number of carbonyl (C=O) groups excluding carboxylic acids is 1. The van der Waals surface area contributed by atoms with Gasteiger partial charge in [-0.3, -0.25) is 4.79 Å². The van der Waals surface area contributed by atoms with E-state index in [-0.39, 0.29) is 0 Å². The van der Waals surface area contributed by atoms with E-state index in [1.54, 1.807) is 0 Å². The lowest BCUT2D eigenvalue weighted by Crippen LogP contribution is -1.93. The molecule has 0 N–H and O–H groups in total. The van der Waals surface area contributed by atoms with Crippen molar-refractivity contribution < 1.29 is 4.79 Å². The van der Waals surface area contributed by atoms with Crippen molar-refractivity contribution in [3.05, 3.63) is 9.81 Å². The van der Waals surface area contributed by atoms with E-state index in [9.17, 15) is 4.79 Å². The molecule has 0 aliphatic heterocycles. The van der Waals surface area contributed by atoms with Crippen LogP contribution in [0, 0.1) is 9.81 Å². The summed E-state index contributed by atoms with van der Waals surface area (Å²) in [6, 6.07) is 0. The number of nitroso groups, excluding NO2 is 2. The van der Waals surface area contributed by atoms with Crippen LogP contribution in [0.25, 0.3) is 0 Å². The van der Waals surface area contributed by atoms with Gasteiger partial charge in [0.25, 0.3) is 0 Å². The Morgan fingerprint density at radius 1 is 1.43 bits per heavy atom. The molecule has 0 aromatic heterocycles. The van der Waals surface area contributed by atoms with Crippen LogP contribution in [0.5, 0.6) is 0 Å². The van der Waals surface area contributed by atoms with Crippen molar-refractivity contribution in [2.24, 2.45) is 10.4 Å². The highest BCUT2D eigenvalue weighted by Gasteiger charge is 1.95. The van der Waals surface area contributed by atoms with Gasteiger partial charge in [0, 0.05) is 5.18 Å². The second kappa shape index (κ2) is 3.08. The molecule has 1 amide bonds. The zero-order chi connectivity index (χ0) is 5.70. The molecular weight excluding hydrogens is 100 g/mol. The Balaban J connectivity index is 3.36. The van der Waals surface area contributed by atoms with Gasteiger partial charge in [-0.25, -0.2) is 0 Å². The van der Waals surface area contributed by atoms with E-state index in [1.165, 1.54) is 0 Å². The van der Waals surface area contributed by atoms with Crippen molar-refractivity contribution in [1.82, 2.24) is 0 Å². The maximum Gasteiger partial charge on any atom is 0.311 e. The fourth-order valence-electron chi connectivity index (χ4n) is 0.0841. The van der Waals surface area contributed by atoms with Crippen LogP contribution < -0.4 is 0 Å². The summed E-state index contributed by atoms with van der Waals surface area (Å²) in [6.45, 7) is -0.649. The summed E-state index contributed by atoms with van der Waals surface area (Å²) in [5.41, 5.74) is 0. The normalized spacial score (nSPS) is 7.43. The molecular formula is C2H2N2O3. The minimum absolute atomic E-state index is 0.649. The van der Waals surface area contributed by atoms with Gasteiger partial charge in [-0.05, 0) is 0 Å². The fourth-order valence-corrected chi connectivity index (χ4v) is 0.0841. The molecule has 0 bridgehead atoms. The molecule has 0 heterocycles. The predicted molar refractivity (Wildman–Crippen MR) is 21.5 cm³/mol. The van der Waals surface area contributed by atoms with Crippen LogP contribution >= 0.6 is 0 Å². The topological polar surface area (TPSA) is 75.9 Å². The van der Waals surface area contributed by atoms with Crippen molar-refractivity contribution in [1.29, 1.82) is 0 Å². The van der Waals surface area contributed by atoms with Crippen LogP contribution in [-0.2, 0) is 4.79 Å². The van der Waals surface area contributed by atoms with Gasteiger partial charge < -0.3 is 0 Å². The standard InChI is InChI=1S/C2H2N2O3/c5-2(4-7)1-3-6/h1H2. The first-order chi connectivity index (χ1) is 3.31. The van der Waals surface area contributed by atoms with Crippen molar-refractivity contribution in [2.75, 3.05) is 6.54 Å². The molecule has 5 nitrogen and oxygen atoms in total. The van der Waals surface area contributed by atoms with Crippen molar-refractivity contribution in [3.63, 3.8) is 0 Å². The second-order valence-electron chi connectivity index (χ2n) is 0.772. The Labute approximate surface area is 38.7 Å². The van der Waals surface area contributed by atoms with Crippen LogP contribution in [0.15, 0.2) is 10.4 Å². The molecule has 0 spiro atoms. The first-order valence-electron chi connectivity index (χ1n) is 1.46. The first kappa shape index (κ1) is 5.87. The van der Waals surface area contributed by atoms with Gasteiger partial charge in [0.1, 0.15) is 0 Å². The SMILES string of the molecule is O=NCC(=O)N=O. The zero-order valence-corrected chi connectivity index (χ0v) is 3.33. The number of amides is 1. The lowest BCUT2D eigenvalue weighted by molar-refractivity contribution is -0.116. The van der Waals surface area contributed by atoms with E-state index in [4.69, 9.17) is 9.81 Å². The minimum Gasteiger partial charge on any atom is -0.267 e. The summed E-state index contributed by atoms with van der Waals surface area (Å²) in [5.74, 6) is -1.03. The summed E-state index contributed by atoms with van der Waals surface area (Å²) >= 11 is 0. The second-order valence-corrected chi connectivity index (χ2v) is 0.772. The maximum atomic E-state index is 9.64. The molecule has 0 unspecified atom stereocenters. The lowest BCUT2D eigenvalue weighted by atomic mass is 10.7. The molecule has 5 heteroatoms. The quantitative estimate of drug-likeness (QED) is 0.462. The molecule has 0 rings (SSSR count). The van der Waals surface area contributed by atoms with E-state index in [1.807, 2.05) is 5.18 Å². The predicted octanol–water partition coefficient (Wildman–Crippen LogP) is 0.0458. The summed E-state index contributed by atoms with van der Waals surface area (Å²) in [4.78, 5) is 27.8. The Bertz CT molecular complexity index is 99.1. The molecule has 0 saturated heterocycles. The summed E-state index contributed by atoms with van der Waals surface area (Å²) in [5, 5.41) is 4.01. The highest BCUT2D eigenvalue weighted by atomic mass is 16.3. The van der Waals surface area contributed by atoms with E-state index in [2.05, 4.69) is 5.18 Å². The van der Waals surface area contributed by atoms with Crippen molar-refractivity contribution in [2.45, 2.75) is 0 Å². The average molecular weight is 102 g/mol. The molecule has 0 saturated carbocycles. The van der Waals surface area contributed by atoms with Crippen LogP contribution in [0.1, 0.15) is 0 Å². The third kappa shape index (κ3) is 2.68. The van der Waals surface area contributed by atoms with Crippen LogP contribution in [0.4, 0.5) is 0 Å². The molecule has 0 atom stereocenters. The molecule has 0 aliphatic carbocycles. The molecule has 0 fully saturated rings. The van der Waals surface area contributed by atoms with Gasteiger partial charge in [-0.1, -0.05) is 5.18 Å². The van der Waals surface area contributed by atoms with Gasteiger partial charge in [-0.15, -0.1) is 4.91 Å². The average Bonchev–Trinajstić information content (AvgIpc) is 1.68. The summed E-state index contributed by atoms with van der Waals surface area (Å²) in [7, 11) is 0. The van der Waals surface area contributed by atoms with E-state index in [0.29, 0.717) is 0 Å². The molecule has 0 aromatic carbocycles. The summed E-state index contributed by atoms with van der Waals surface area (Å²) in [6.07, 6.45) is 0. The minimum atomic E-state index is -1.03. The van der Waals surface area contributed by atoms with E-state index >= 15 is 0 Å². The fraction of sp³-hybridized carbons (Fsp3) is 0.500. The maximum absolute atomic E-state index is 9.64. The lowest BCUT2D eigenvalue weighted by Gasteiger charge is -1.69. The van der Waals surface area contributed by atoms with Crippen molar-refractivity contribution in [3.8, 4) is 0 Å². The number of hydrogen-bond donors (Lipinski definition) is 0. The van der Waals surface area contributed by atoms with Gasteiger partial charge in [0.2, 0.25) is 0 Å². The largest absolute Gasteiger partial charge is 0.311 e. The van der Waals surface area contributed by atoms with Crippen molar-refractivity contribution >= 4 is 5.91 Å². The Kier molecular flexibility index (Phi) is 2.58. The smallest absolute Gasteiger partial charge is 0.267 e. The molecule has 0 aliphatic rings. The Hall–Kier alpha value is -1.13. The number of rotatable bonds is 2. The number of carbonyl (C=O) groups is 1. The highest BCUT2D eigenvalue weighted by molar-refractivity contribution is 5.78.